The van der Waals surface area contributed by atoms with Crippen molar-refractivity contribution >= 4 is 23.3 Å². The van der Waals surface area contributed by atoms with E-state index in [1.807, 2.05) is 12.1 Å². The number of hydrogen-bond donors (Lipinski definition) is 0. The molecule has 0 N–H and O–H groups in total. The summed E-state index contributed by atoms with van der Waals surface area (Å²) in [5, 5.41) is 8.67. The average Bonchev–Trinajstić information content (AvgIpc) is 2.79. The van der Waals surface area contributed by atoms with Crippen LogP contribution in [-0.4, -0.2) is 14.3 Å². The fourth-order valence-corrected chi connectivity index (χ4v) is 2.38. The summed E-state index contributed by atoms with van der Waals surface area (Å²) >= 11 is 2.98. The van der Waals surface area contributed by atoms with Crippen molar-refractivity contribution in [3.8, 4) is 6.07 Å². The van der Waals surface area contributed by atoms with Crippen molar-refractivity contribution < 1.29 is 0 Å². The standard InChI is InChI=1S/C9H6N4S2/c10-4-8-3-7(1-2-11-8)5-14-9-12-6-13-15-9/h1-3,6H,5H2. The van der Waals surface area contributed by atoms with Crippen molar-refractivity contribution in [1.82, 2.24) is 14.3 Å². The van der Waals surface area contributed by atoms with Crippen LogP contribution in [0.1, 0.15) is 11.3 Å². The highest BCUT2D eigenvalue weighted by atomic mass is 32.2. The smallest absolute Gasteiger partial charge is 0.170 e. The third kappa shape index (κ3) is 2.75. The zero-order chi connectivity index (χ0) is 10.5. The molecule has 0 amide bonds. The summed E-state index contributed by atoms with van der Waals surface area (Å²) in [7, 11) is 0. The highest BCUT2D eigenvalue weighted by molar-refractivity contribution is 8.00. The molecule has 2 aromatic heterocycles. The SMILES string of the molecule is N#Cc1cc(CSc2ncns2)ccn1. The third-order valence-electron chi connectivity index (χ3n) is 1.64. The predicted molar refractivity (Wildman–Crippen MR) is 58.4 cm³/mol. The van der Waals surface area contributed by atoms with Gasteiger partial charge in [0.05, 0.1) is 0 Å². The van der Waals surface area contributed by atoms with E-state index in [9.17, 15) is 0 Å². The van der Waals surface area contributed by atoms with E-state index in [1.54, 1.807) is 30.4 Å². The van der Waals surface area contributed by atoms with Crippen LogP contribution >= 0.6 is 23.3 Å². The van der Waals surface area contributed by atoms with Crippen LogP contribution in [0.4, 0.5) is 0 Å². The highest BCUT2D eigenvalue weighted by Crippen LogP contribution is 2.22. The summed E-state index contributed by atoms with van der Waals surface area (Å²) in [6, 6.07) is 5.70. The molecule has 2 rings (SSSR count). The van der Waals surface area contributed by atoms with Gasteiger partial charge in [-0.25, -0.2) is 9.97 Å². The van der Waals surface area contributed by atoms with Gasteiger partial charge in [-0.2, -0.15) is 9.64 Å². The summed E-state index contributed by atoms with van der Waals surface area (Å²) in [6.07, 6.45) is 3.19. The van der Waals surface area contributed by atoms with Gasteiger partial charge in [0.25, 0.3) is 0 Å². The van der Waals surface area contributed by atoms with Gasteiger partial charge in [0.2, 0.25) is 0 Å². The lowest BCUT2D eigenvalue weighted by molar-refractivity contribution is 1.20. The fourth-order valence-electron chi connectivity index (χ4n) is 0.997. The molecular formula is C9H6N4S2. The van der Waals surface area contributed by atoms with Crippen molar-refractivity contribution in [2.24, 2.45) is 0 Å². The summed E-state index contributed by atoms with van der Waals surface area (Å²) in [5.41, 5.74) is 1.52. The minimum absolute atomic E-state index is 0.449. The Kier molecular flexibility index (Phi) is 3.27. The first kappa shape index (κ1) is 10.1. The number of pyridine rings is 1. The zero-order valence-electron chi connectivity index (χ0n) is 7.62. The summed E-state index contributed by atoms with van der Waals surface area (Å²) in [5.74, 6) is 0.784. The summed E-state index contributed by atoms with van der Waals surface area (Å²) in [6.45, 7) is 0. The van der Waals surface area contributed by atoms with Gasteiger partial charge in [-0.3, -0.25) is 0 Å². The molecule has 74 valence electrons. The molecule has 2 aromatic rings. The summed E-state index contributed by atoms with van der Waals surface area (Å²) in [4.78, 5) is 7.97. The van der Waals surface area contributed by atoms with E-state index in [2.05, 4.69) is 14.3 Å². The lowest BCUT2D eigenvalue weighted by Crippen LogP contribution is -1.85. The topological polar surface area (TPSA) is 62.5 Å². The van der Waals surface area contributed by atoms with Crippen LogP contribution in [0.15, 0.2) is 29.0 Å². The fraction of sp³-hybridized carbons (Fsp3) is 0.111. The van der Waals surface area contributed by atoms with Gasteiger partial charge in [0, 0.05) is 11.9 Å². The molecule has 0 aliphatic rings. The van der Waals surface area contributed by atoms with Crippen LogP contribution in [-0.2, 0) is 5.75 Å². The van der Waals surface area contributed by atoms with Crippen LogP contribution in [0.5, 0.6) is 0 Å². The van der Waals surface area contributed by atoms with Gasteiger partial charge in [0.1, 0.15) is 18.1 Å². The van der Waals surface area contributed by atoms with Gasteiger partial charge >= 0.3 is 0 Å². The van der Waals surface area contributed by atoms with Gasteiger partial charge < -0.3 is 0 Å². The van der Waals surface area contributed by atoms with E-state index in [1.165, 1.54) is 11.5 Å². The molecule has 0 aromatic carbocycles. The first-order valence-corrected chi connectivity index (χ1v) is 5.89. The molecule has 0 aliphatic carbocycles. The van der Waals surface area contributed by atoms with Crippen LogP contribution in [0.3, 0.4) is 0 Å². The molecule has 0 saturated carbocycles. The minimum atomic E-state index is 0.449. The Labute approximate surface area is 95.2 Å². The number of aromatic nitrogens is 3. The maximum atomic E-state index is 8.67. The van der Waals surface area contributed by atoms with E-state index in [0.29, 0.717) is 5.69 Å². The van der Waals surface area contributed by atoms with Crippen molar-refractivity contribution in [2.75, 3.05) is 0 Å². The van der Waals surface area contributed by atoms with Crippen molar-refractivity contribution in [3.05, 3.63) is 35.9 Å². The second-order valence-electron chi connectivity index (χ2n) is 2.66. The Bertz CT molecular complexity index is 475. The first-order chi connectivity index (χ1) is 7.38. The Morgan fingerprint density at radius 3 is 3.13 bits per heavy atom. The van der Waals surface area contributed by atoms with E-state index >= 15 is 0 Å². The number of nitrogens with zero attached hydrogens (tertiary/aromatic N) is 4. The molecular weight excluding hydrogens is 228 g/mol. The average molecular weight is 234 g/mol. The van der Waals surface area contributed by atoms with Crippen LogP contribution < -0.4 is 0 Å². The van der Waals surface area contributed by atoms with E-state index in [0.717, 1.165) is 15.7 Å². The van der Waals surface area contributed by atoms with Crippen LogP contribution in [0.2, 0.25) is 0 Å². The minimum Gasteiger partial charge on any atom is -0.246 e. The number of hydrogen-bond acceptors (Lipinski definition) is 6. The van der Waals surface area contributed by atoms with E-state index < -0.39 is 0 Å². The molecule has 0 saturated heterocycles. The van der Waals surface area contributed by atoms with Gasteiger partial charge in [0.15, 0.2) is 4.34 Å². The Hall–Kier alpha value is -1.45. The van der Waals surface area contributed by atoms with Crippen molar-refractivity contribution in [2.45, 2.75) is 10.1 Å². The molecule has 0 atom stereocenters. The molecule has 0 aliphatic heterocycles. The molecule has 0 spiro atoms. The van der Waals surface area contributed by atoms with E-state index in [-0.39, 0.29) is 0 Å². The Morgan fingerprint density at radius 2 is 2.40 bits per heavy atom. The molecule has 0 radical (unpaired) electrons. The number of nitriles is 1. The monoisotopic (exact) mass is 234 g/mol. The highest BCUT2D eigenvalue weighted by Gasteiger charge is 2.00. The molecule has 4 nitrogen and oxygen atoms in total. The maximum absolute atomic E-state index is 8.67. The second kappa shape index (κ2) is 4.87. The van der Waals surface area contributed by atoms with E-state index in [4.69, 9.17) is 5.26 Å². The molecule has 0 bridgehead atoms. The number of thioether (sulfide) groups is 1. The maximum Gasteiger partial charge on any atom is 0.170 e. The van der Waals surface area contributed by atoms with Gasteiger partial charge in [-0.1, -0.05) is 11.8 Å². The lowest BCUT2D eigenvalue weighted by Gasteiger charge is -1.97. The molecule has 0 fully saturated rings. The predicted octanol–water partition coefficient (Wildman–Crippen LogP) is 2.10. The zero-order valence-corrected chi connectivity index (χ0v) is 9.25. The molecule has 15 heavy (non-hydrogen) atoms. The first-order valence-electron chi connectivity index (χ1n) is 4.13. The third-order valence-corrected chi connectivity index (χ3v) is 3.51. The molecule has 0 unspecified atom stereocenters. The van der Waals surface area contributed by atoms with Crippen LogP contribution in [0, 0.1) is 11.3 Å². The van der Waals surface area contributed by atoms with Crippen LogP contribution in [0.25, 0.3) is 0 Å². The Balaban J connectivity index is 2.02. The quantitative estimate of drug-likeness (QED) is 0.761. The van der Waals surface area contributed by atoms with Gasteiger partial charge in [-0.05, 0) is 29.2 Å². The molecule has 6 heteroatoms. The van der Waals surface area contributed by atoms with Gasteiger partial charge in [-0.15, -0.1) is 0 Å². The lowest BCUT2D eigenvalue weighted by atomic mass is 10.2. The number of rotatable bonds is 3. The van der Waals surface area contributed by atoms with Crippen molar-refractivity contribution in [1.29, 1.82) is 5.26 Å². The Morgan fingerprint density at radius 1 is 1.47 bits per heavy atom. The normalized spacial score (nSPS) is 9.80. The summed E-state index contributed by atoms with van der Waals surface area (Å²) < 4.78 is 4.85. The van der Waals surface area contributed by atoms with Crippen molar-refractivity contribution in [3.63, 3.8) is 0 Å². The second-order valence-corrected chi connectivity index (χ2v) is 4.66. The molecule has 2 heterocycles. The largest absolute Gasteiger partial charge is 0.246 e.